The highest BCUT2D eigenvalue weighted by molar-refractivity contribution is 5.95. The average Bonchev–Trinajstić information content (AvgIpc) is 3.15. The molecule has 2 aromatic heterocycles. The zero-order valence-corrected chi connectivity index (χ0v) is 25.0. The third-order valence-corrected chi connectivity index (χ3v) is 8.18. The zero-order chi connectivity index (χ0) is 30.7. The van der Waals surface area contributed by atoms with E-state index < -0.39 is 0 Å². The summed E-state index contributed by atoms with van der Waals surface area (Å²) in [6.07, 6.45) is 1.86. The molecule has 2 heterocycles. The van der Waals surface area contributed by atoms with Crippen molar-refractivity contribution in [3.8, 4) is 67.7 Å². The van der Waals surface area contributed by atoms with Gasteiger partial charge in [0, 0.05) is 33.8 Å². The van der Waals surface area contributed by atoms with Gasteiger partial charge < -0.3 is 0 Å². The predicted octanol–water partition coefficient (Wildman–Crippen LogP) is 10.4. The van der Waals surface area contributed by atoms with Crippen molar-refractivity contribution in [2.45, 2.75) is 0 Å². The van der Waals surface area contributed by atoms with Crippen LogP contribution >= 0.6 is 0 Å². The Bertz CT molecular complexity index is 2290. The van der Waals surface area contributed by atoms with E-state index in [2.05, 4.69) is 140 Å². The zero-order valence-electron chi connectivity index (χ0n) is 25.0. The van der Waals surface area contributed by atoms with E-state index in [0.717, 1.165) is 55.4 Å². The van der Waals surface area contributed by atoms with Crippen LogP contribution in [0.1, 0.15) is 0 Å². The summed E-state index contributed by atoms with van der Waals surface area (Å²) >= 11 is 0. The standard InChI is InChI=1S/C42H28N4/c1-3-11-29(12-4-1)31-21-23-33(24-22-31)40-44-41(36-18-9-16-34(27-36)30-13-5-2-6-14-30)46-42(45-40)37-19-10-17-35(28-37)39-38-20-8-7-15-32(38)25-26-43-39/h1-28H. The van der Waals surface area contributed by atoms with Gasteiger partial charge in [0.05, 0.1) is 5.69 Å². The average molecular weight is 589 g/mol. The van der Waals surface area contributed by atoms with Gasteiger partial charge in [0.25, 0.3) is 0 Å². The molecule has 6 aromatic carbocycles. The van der Waals surface area contributed by atoms with Crippen molar-refractivity contribution >= 4 is 10.8 Å². The molecule has 46 heavy (non-hydrogen) atoms. The summed E-state index contributed by atoms with van der Waals surface area (Å²) < 4.78 is 0. The molecular weight excluding hydrogens is 560 g/mol. The van der Waals surface area contributed by atoms with Gasteiger partial charge in [0.2, 0.25) is 0 Å². The predicted molar refractivity (Wildman–Crippen MR) is 188 cm³/mol. The lowest BCUT2D eigenvalue weighted by Gasteiger charge is -2.11. The number of nitrogens with zero attached hydrogens (tertiary/aromatic N) is 4. The summed E-state index contributed by atoms with van der Waals surface area (Å²) in [6, 6.07) is 56.2. The second kappa shape index (κ2) is 12.0. The van der Waals surface area contributed by atoms with E-state index in [1.807, 2.05) is 30.5 Å². The van der Waals surface area contributed by atoms with Crippen molar-refractivity contribution in [2.24, 2.45) is 0 Å². The molecule has 0 bridgehead atoms. The third-order valence-electron chi connectivity index (χ3n) is 8.18. The second-order valence-electron chi connectivity index (χ2n) is 11.2. The lowest BCUT2D eigenvalue weighted by atomic mass is 10.0. The fourth-order valence-corrected chi connectivity index (χ4v) is 5.83. The molecular formula is C42H28N4. The number of rotatable bonds is 6. The van der Waals surface area contributed by atoms with Crippen LogP contribution in [0.25, 0.3) is 78.4 Å². The molecule has 0 aliphatic rings. The smallest absolute Gasteiger partial charge is 0.164 e. The summed E-state index contributed by atoms with van der Waals surface area (Å²) in [4.78, 5) is 19.9. The molecule has 0 aliphatic heterocycles. The van der Waals surface area contributed by atoms with Crippen molar-refractivity contribution in [2.75, 3.05) is 0 Å². The second-order valence-corrected chi connectivity index (χ2v) is 11.2. The van der Waals surface area contributed by atoms with Gasteiger partial charge in [0.1, 0.15) is 0 Å². The SMILES string of the molecule is c1ccc(-c2ccc(-c3nc(-c4cccc(-c5ccccc5)c4)nc(-c4cccc(-c5nccc6ccccc56)c4)n3)cc2)cc1. The Morgan fingerprint density at radius 2 is 0.761 bits per heavy atom. The molecule has 0 saturated carbocycles. The van der Waals surface area contributed by atoms with E-state index in [4.69, 9.17) is 19.9 Å². The largest absolute Gasteiger partial charge is 0.256 e. The Hall–Kier alpha value is -6.26. The summed E-state index contributed by atoms with van der Waals surface area (Å²) in [5, 5.41) is 2.26. The fourth-order valence-electron chi connectivity index (χ4n) is 5.83. The van der Waals surface area contributed by atoms with Crippen LogP contribution in [-0.2, 0) is 0 Å². The molecule has 0 saturated heterocycles. The molecule has 8 aromatic rings. The normalized spacial score (nSPS) is 11.0. The van der Waals surface area contributed by atoms with Crippen molar-refractivity contribution in [3.05, 3.63) is 170 Å². The molecule has 0 aliphatic carbocycles. The van der Waals surface area contributed by atoms with Crippen molar-refractivity contribution in [1.29, 1.82) is 0 Å². The number of aromatic nitrogens is 4. The molecule has 216 valence electrons. The first-order valence-corrected chi connectivity index (χ1v) is 15.3. The monoisotopic (exact) mass is 588 g/mol. The van der Waals surface area contributed by atoms with Gasteiger partial charge >= 0.3 is 0 Å². The van der Waals surface area contributed by atoms with E-state index in [1.165, 1.54) is 5.56 Å². The van der Waals surface area contributed by atoms with E-state index in [0.29, 0.717) is 17.5 Å². The Kier molecular flexibility index (Phi) is 7.14. The number of hydrogen-bond acceptors (Lipinski definition) is 4. The molecule has 0 unspecified atom stereocenters. The highest BCUT2D eigenvalue weighted by Gasteiger charge is 2.15. The molecule has 4 nitrogen and oxygen atoms in total. The van der Waals surface area contributed by atoms with Gasteiger partial charge in [-0.1, -0.05) is 146 Å². The Labute approximate surface area is 267 Å². The van der Waals surface area contributed by atoms with Gasteiger partial charge in [-0.05, 0) is 45.8 Å². The van der Waals surface area contributed by atoms with Crippen LogP contribution in [-0.4, -0.2) is 19.9 Å². The number of pyridine rings is 1. The van der Waals surface area contributed by atoms with Crippen LogP contribution in [0, 0.1) is 0 Å². The van der Waals surface area contributed by atoms with E-state index in [9.17, 15) is 0 Å². The topological polar surface area (TPSA) is 51.6 Å². The summed E-state index contributed by atoms with van der Waals surface area (Å²) in [5.41, 5.74) is 9.26. The van der Waals surface area contributed by atoms with Crippen molar-refractivity contribution in [1.82, 2.24) is 19.9 Å². The highest BCUT2D eigenvalue weighted by Crippen LogP contribution is 2.32. The molecule has 0 N–H and O–H groups in total. The van der Waals surface area contributed by atoms with Gasteiger partial charge in [-0.25, -0.2) is 15.0 Å². The van der Waals surface area contributed by atoms with Crippen LogP contribution in [0.3, 0.4) is 0 Å². The van der Waals surface area contributed by atoms with Crippen LogP contribution < -0.4 is 0 Å². The maximum atomic E-state index is 5.05. The molecule has 0 radical (unpaired) electrons. The lowest BCUT2D eigenvalue weighted by molar-refractivity contribution is 1.07. The molecule has 0 amide bonds. The van der Waals surface area contributed by atoms with Crippen LogP contribution in [0.15, 0.2) is 170 Å². The maximum absolute atomic E-state index is 5.05. The fraction of sp³-hybridized carbons (Fsp3) is 0. The number of benzene rings is 6. The Morgan fingerprint density at radius 3 is 1.43 bits per heavy atom. The molecule has 0 atom stereocenters. The maximum Gasteiger partial charge on any atom is 0.164 e. The molecule has 0 spiro atoms. The first-order valence-electron chi connectivity index (χ1n) is 15.3. The summed E-state index contributed by atoms with van der Waals surface area (Å²) in [6.45, 7) is 0. The number of fused-ring (bicyclic) bond motifs is 1. The highest BCUT2D eigenvalue weighted by atomic mass is 15.0. The molecule has 4 heteroatoms. The van der Waals surface area contributed by atoms with Crippen LogP contribution in [0.5, 0.6) is 0 Å². The Morgan fingerprint density at radius 1 is 0.304 bits per heavy atom. The first-order chi connectivity index (χ1) is 22.8. The molecule has 0 fully saturated rings. The van der Waals surface area contributed by atoms with E-state index >= 15 is 0 Å². The molecule has 8 rings (SSSR count). The number of hydrogen-bond donors (Lipinski definition) is 0. The summed E-state index contributed by atoms with van der Waals surface area (Å²) in [7, 11) is 0. The minimum absolute atomic E-state index is 0.610. The van der Waals surface area contributed by atoms with Crippen molar-refractivity contribution in [3.63, 3.8) is 0 Å². The van der Waals surface area contributed by atoms with Crippen molar-refractivity contribution < 1.29 is 0 Å². The van der Waals surface area contributed by atoms with Crippen LogP contribution in [0.2, 0.25) is 0 Å². The third kappa shape index (κ3) is 5.44. The quantitative estimate of drug-likeness (QED) is 0.194. The lowest BCUT2D eigenvalue weighted by Crippen LogP contribution is -2.00. The van der Waals surface area contributed by atoms with E-state index in [1.54, 1.807) is 0 Å². The van der Waals surface area contributed by atoms with Gasteiger partial charge in [-0.2, -0.15) is 0 Å². The minimum atomic E-state index is 0.610. The van der Waals surface area contributed by atoms with Gasteiger partial charge in [-0.15, -0.1) is 0 Å². The first kappa shape index (κ1) is 27.3. The van der Waals surface area contributed by atoms with Gasteiger partial charge in [-0.3, -0.25) is 4.98 Å². The van der Waals surface area contributed by atoms with E-state index in [-0.39, 0.29) is 0 Å². The van der Waals surface area contributed by atoms with Gasteiger partial charge in [0.15, 0.2) is 17.5 Å². The Balaban J connectivity index is 1.26. The summed E-state index contributed by atoms with van der Waals surface area (Å²) in [5.74, 6) is 1.86. The van der Waals surface area contributed by atoms with Crippen LogP contribution in [0.4, 0.5) is 0 Å². The minimum Gasteiger partial charge on any atom is -0.256 e.